The van der Waals surface area contributed by atoms with Gasteiger partial charge in [-0.05, 0) is 6.92 Å². The SMILES string of the molecule is CC1NCCNC1COC(=O)NS(C)(=O)=O. The first kappa shape index (κ1) is 13.2. The summed E-state index contributed by atoms with van der Waals surface area (Å²) in [4.78, 5) is 11.0. The Morgan fingerprint density at radius 2 is 2.06 bits per heavy atom. The van der Waals surface area contributed by atoms with Gasteiger partial charge in [0, 0.05) is 19.1 Å². The largest absolute Gasteiger partial charge is 0.447 e. The van der Waals surface area contributed by atoms with Gasteiger partial charge in [-0.15, -0.1) is 0 Å². The first-order valence-electron chi connectivity index (χ1n) is 5.00. The Balaban J connectivity index is 2.31. The molecule has 0 aromatic carbocycles. The van der Waals surface area contributed by atoms with Gasteiger partial charge in [-0.1, -0.05) is 0 Å². The molecule has 1 aliphatic rings. The summed E-state index contributed by atoms with van der Waals surface area (Å²) in [6.45, 7) is 3.77. The molecule has 1 saturated heterocycles. The molecule has 0 saturated carbocycles. The van der Waals surface area contributed by atoms with Crippen molar-refractivity contribution in [3.05, 3.63) is 0 Å². The number of nitrogens with one attached hydrogen (secondary N) is 3. The number of hydrogen-bond donors (Lipinski definition) is 3. The second-order valence-corrected chi connectivity index (χ2v) is 5.52. The molecule has 16 heavy (non-hydrogen) atoms. The normalized spacial score (nSPS) is 26.1. The molecule has 3 N–H and O–H groups in total. The van der Waals surface area contributed by atoms with Crippen molar-refractivity contribution < 1.29 is 17.9 Å². The molecule has 7 nitrogen and oxygen atoms in total. The zero-order chi connectivity index (χ0) is 12.2. The van der Waals surface area contributed by atoms with Crippen molar-refractivity contribution in [3.8, 4) is 0 Å². The van der Waals surface area contributed by atoms with E-state index in [2.05, 4.69) is 10.6 Å². The van der Waals surface area contributed by atoms with Gasteiger partial charge < -0.3 is 15.4 Å². The van der Waals surface area contributed by atoms with Gasteiger partial charge in [0.05, 0.1) is 12.3 Å². The van der Waals surface area contributed by atoms with Gasteiger partial charge in [-0.3, -0.25) is 0 Å². The van der Waals surface area contributed by atoms with Crippen molar-refractivity contribution in [2.24, 2.45) is 0 Å². The summed E-state index contributed by atoms with van der Waals surface area (Å²) in [6.07, 6.45) is -0.0424. The minimum atomic E-state index is -3.55. The lowest BCUT2D eigenvalue weighted by Crippen LogP contribution is -2.56. The highest BCUT2D eigenvalue weighted by atomic mass is 32.2. The van der Waals surface area contributed by atoms with Crippen molar-refractivity contribution in [2.75, 3.05) is 26.0 Å². The molecular formula is C8H17N3O4S. The van der Waals surface area contributed by atoms with Crippen molar-refractivity contribution in [2.45, 2.75) is 19.0 Å². The van der Waals surface area contributed by atoms with Crippen molar-refractivity contribution >= 4 is 16.1 Å². The summed E-state index contributed by atoms with van der Waals surface area (Å²) >= 11 is 0. The van der Waals surface area contributed by atoms with E-state index in [1.54, 1.807) is 4.72 Å². The number of sulfonamides is 1. The predicted molar refractivity (Wildman–Crippen MR) is 58.6 cm³/mol. The Hall–Kier alpha value is -0.860. The molecule has 1 amide bonds. The fourth-order valence-corrected chi connectivity index (χ4v) is 1.79. The third-order valence-corrected chi connectivity index (χ3v) is 2.80. The standard InChI is InChI=1S/C8H17N3O4S/c1-6-7(10-4-3-9-6)5-15-8(12)11-16(2,13)14/h6-7,9-10H,3-5H2,1-2H3,(H,11,12). The zero-order valence-electron chi connectivity index (χ0n) is 9.32. The van der Waals surface area contributed by atoms with Crippen LogP contribution in [-0.2, 0) is 14.8 Å². The molecular weight excluding hydrogens is 234 g/mol. The summed E-state index contributed by atoms with van der Waals surface area (Å²) in [5.41, 5.74) is 0. The fourth-order valence-electron chi connectivity index (χ4n) is 1.43. The van der Waals surface area contributed by atoms with Crippen LogP contribution in [0, 0.1) is 0 Å². The van der Waals surface area contributed by atoms with E-state index in [0.717, 1.165) is 19.3 Å². The van der Waals surface area contributed by atoms with Crippen LogP contribution >= 0.6 is 0 Å². The van der Waals surface area contributed by atoms with Crippen LogP contribution in [0.1, 0.15) is 6.92 Å². The fraction of sp³-hybridized carbons (Fsp3) is 0.875. The number of piperazine rings is 1. The van der Waals surface area contributed by atoms with Crippen molar-refractivity contribution in [1.29, 1.82) is 0 Å². The second kappa shape index (κ2) is 5.46. The van der Waals surface area contributed by atoms with E-state index >= 15 is 0 Å². The molecule has 0 aromatic heterocycles. The molecule has 1 heterocycles. The van der Waals surface area contributed by atoms with Crippen LogP contribution in [0.5, 0.6) is 0 Å². The molecule has 0 spiro atoms. The molecule has 8 heteroatoms. The van der Waals surface area contributed by atoms with E-state index in [9.17, 15) is 13.2 Å². The lowest BCUT2D eigenvalue weighted by atomic mass is 10.1. The van der Waals surface area contributed by atoms with E-state index < -0.39 is 16.1 Å². The first-order valence-corrected chi connectivity index (χ1v) is 6.89. The Kier molecular flexibility index (Phi) is 4.51. The van der Waals surface area contributed by atoms with Crippen molar-refractivity contribution in [3.63, 3.8) is 0 Å². The highest BCUT2D eigenvalue weighted by Crippen LogP contribution is 1.98. The zero-order valence-corrected chi connectivity index (χ0v) is 10.1. The van der Waals surface area contributed by atoms with Crippen LogP contribution in [0.3, 0.4) is 0 Å². The first-order chi connectivity index (χ1) is 7.38. The van der Waals surface area contributed by atoms with E-state index in [1.165, 1.54) is 0 Å². The highest BCUT2D eigenvalue weighted by Gasteiger charge is 2.22. The maximum atomic E-state index is 11.0. The summed E-state index contributed by atoms with van der Waals surface area (Å²) in [5, 5.41) is 6.38. The van der Waals surface area contributed by atoms with Crippen molar-refractivity contribution in [1.82, 2.24) is 15.4 Å². The van der Waals surface area contributed by atoms with Crippen LogP contribution in [0.2, 0.25) is 0 Å². The summed E-state index contributed by atoms with van der Waals surface area (Å²) in [6, 6.07) is 0.179. The van der Waals surface area contributed by atoms with Crippen LogP contribution in [0.15, 0.2) is 0 Å². The summed E-state index contributed by atoms with van der Waals surface area (Å²) in [7, 11) is -3.55. The van der Waals surface area contributed by atoms with Gasteiger partial charge in [0.15, 0.2) is 0 Å². The number of hydrogen-bond acceptors (Lipinski definition) is 6. The van der Waals surface area contributed by atoms with Gasteiger partial charge >= 0.3 is 6.09 Å². The minimum Gasteiger partial charge on any atom is -0.447 e. The van der Waals surface area contributed by atoms with Gasteiger partial charge in [0.25, 0.3) is 0 Å². The third kappa shape index (κ3) is 4.77. The van der Waals surface area contributed by atoms with Crippen LogP contribution < -0.4 is 15.4 Å². The summed E-state index contributed by atoms with van der Waals surface area (Å²) in [5.74, 6) is 0. The monoisotopic (exact) mass is 251 g/mol. The highest BCUT2D eigenvalue weighted by molar-refractivity contribution is 7.89. The Bertz CT molecular complexity index is 343. The van der Waals surface area contributed by atoms with E-state index in [4.69, 9.17) is 4.74 Å². The maximum absolute atomic E-state index is 11.0. The van der Waals surface area contributed by atoms with E-state index in [-0.39, 0.29) is 18.7 Å². The van der Waals surface area contributed by atoms with Crippen LogP contribution in [-0.4, -0.2) is 52.5 Å². The molecule has 2 unspecified atom stereocenters. The molecule has 0 bridgehead atoms. The number of amides is 1. The molecule has 0 aliphatic carbocycles. The molecule has 1 aliphatic heterocycles. The van der Waals surface area contributed by atoms with Gasteiger partial charge in [-0.2, -0.15) is 0 Å². The number of ether oxygens (including phenoxy) is 1. The summed E-state index contributed by atoms with van der Waals surface area (Å²) < 4.78 is 28.0. The molecule has 2 atom stereocenters. The molecule has 1 rings (SSSR count). The second-order valence-electron chi connectivity index (χ2n) is 3.78. The lowest BCUT2D eigenvalue weighted by Gasteiger charge is -2.30. The number of rotatable bonds is 3. The average Bonchev–Trinajstić information content (AvgIpc) is 2.14. The Labute approximate surface area is 95.0 Å². The smallest absolute Gasteiger partial charge is 0.420 e. The molecule has 0 radical (unpaired) electrons. The number of carbonyl (C=O) groups excluding carboxylic acids is 1. The van der Waals surface area contributed by atoms with Gasteiger partial charge in [-0.25, -0.2) is 17.9 Å². The van der Waals surface area contributed by atoms with Crippen LogP contribution in [0.4, 0.5) is 4.79 Å². The number of carbonyl (C=O) groups is 1. The topological polar surface area (TPSA) is 96.5 Å². The molecule has 1 fully saturated rings. The Morgan fingerprint density at radius 1 is 1.44 bits per heavy atom. The Morgan fingerprint density at radius 3 is 2.62 bits per heavy atom. The quantitative estimate of drug-likeness (QED) is 0.572. The van der Waals surface area contributed by atoms with E-state index in [1.807, 2.05) is 6.92 Å². The third-order valence-electron chi connectivity index (χ3n) is 2.26. The van der Waals surface area contributed by atoms with Gasteiger partial charge in [0.2, 0.25) is 10.0 Å². The van der Waals surface area contributed by atoms with Gasteiger partial charge in [0.1, 0.15) is 6.61 Å². The average molecular weight is 251 g/mol. The van der Waals surface area contributed by atoms with Crippen LogP contribution in [0.25, 0.3) is 0 Å². The molecule has 0 aromatic rings. The van der Waals surface area contributed by atoms with E-state index in [0.29, 0.717) is 0 Å². The maximum Gasteiger partial charge on any atom is 0.420 e. The molecule has 94 valence electrons. The minimum absolute atomic E-state index is 0.000870. The lowest BCUT2D eigenvalue weighted by molar-refractivity contribution is 0.127. The predicted octanol–water partition coefficient (Wildman–Crippen LogP) is -1.38.